The van der Waals surface area contributed by atoms with Crippen molar-refractivity contribution in [3.63, 3.8) is 0 Å². The molecule has 1 amide bonds. The number of aliphatic hydroxyl groups excluding tert-OH is 2. The Bertz CT molecular complexity index is 1380. The fraction of sp³-hybridized carbons (Fsp3) is 0.899. The number of amides is 1. The maximum atomic E-state index is 12.6. The number of nitrogens with one attached hydrogen (secondary N) is 1. The van der Waals surface area contributed by atoms with Crippen molar-refractivity contribution in [1.29, 1.82) is 0 Å². The molecule has 502 valence electrons. The van der Waals surface area contributed by atoms with Crippen molar-refractivity contribution in [2.75, 3.05) is 13.2 Å². The topological polar surface area (TPSA) is 95.9 Å². The van der Waals surface area contributed by atoms with Crippen LogP contribution in [0.4, 0.5) is 0 Å². The Hall–Kier alpha value is -1.92. The van der Waals surface area contributed by atoms with Gasteiger partial charge in [-0.05, 0) is 83.5 Å². The smallest absolute Gasteiger partial charge is 0.305 e. The maximum absolute atomic E-state index is 12.6. The van der Waals surface area contributed by atoms with E-state index in [1.165, 1.54) is 347 Å². The van der Waals surface area contributed by atoms with Crippen LogP contribution in [-0.4, -0.2) is 47.4 Å². The van der Waals surface area contributed by atoms with Gasteiger partial charge in [0.1, 0.15) is 0 Å². The minimum atomic E-state index is -0.665. The van der Waals surface area contributed by atoms with Crippen LogP contribution in [-0.2, 0) is 14.3 Å². The summed E-state index contributed by atoms with van der Waals surface area (Å²) in [5.41, 5.74) is 0. The predicted molar refractivity (Wildman–Crippen MR) is 375 cm³/mol. The summed E-state index contributed by atoms with van der Waals surface area (Å²) in [6.07, 6.45) is 96.5. The van der Waals surface area contributed by atoms with Crippen molar-refractivity contribution in [2.24, 2.45) is 0 Å². The van der Waals surface area contributed by atoms with Crippen LogP contribution in [0.25, 0.3) is 0 Å². The van der Waals surface area contributed by atoms with Gasteiger partial charge in [-0.25, -0.2) is 0 Å². The Labute approximate surface area is 532 Å². The van der Waals surface area contributed by atoms with Gasteiger partial charge >= 0.3 is 5.97 Å². The average molecular weight is 1200 g/mol. The van der Waals surface area contributed by atoms with E-state index >= 15 is 0 Å². The molecule has 0 aromatic carbocycles. The summed E-state index contributed by atoms with van der Waals surface area (Å²) in [4.78, 5) is 24.6. The van der Waals surface area contributed by atoms with Gasteiger partial charge < -0.3 is 20.3 Å². The molecule has 6 nitrogen and oxygen atoms in total. The molecule has 0 radical (unpaired) electrons. The van der Waals surface area contributed by atoms with Gasteiger partial charge in [-0.1, -0.05) is 371 Å². The summed E-state index contributed by atoms with van der Waals surface area (Å²) in [6.45, 7) is 4.99. The molecule has 0 fully saturated rings. The summed E-state index contributed by atoms with van der Waals surface area (Å²) >= 11 is 0. The Morgan fingerprint density at radius 1 is 0.329 bits per heavy atom. The molecule has 2 unspecified atom stereocenters. The molecule has 0 heterocycles. The molecule has 0 aliphatic carbocycles. The van der Waals surface area contributed by atoms with Crippen molar-refractivity contribution in [3.05, 3.63) is 36.5 Å². The lowest BCUT2D eigenvalue weighted by atomic mass is 10.0. The van der Waals surface area contributed by atoms with Crippen LogP contribution in [0, 0.1) is 0 Å². The maximum Gasteiger partial charge on any atom is 0.305 e. The lowest BCUT2D eigenvalue weighted by molar-refractivity contribution is -0.143. The summed E-state index contributed by atoms with van der Waals surface area (Å²) in [6, 6.07) is -0.542. The lowest BCUT2D eigenvalue weighted by Gasteiger charge is -2.22. The molecular weight excluding hydrogens is 1040 g/mol. The van der Waals surface area contributed by atoms with E-state index in [2.05, 4.69) is 55.6 Å². The van der Waals surface area contributed by atoms with E-state index in [9.17, 15) is 19.8 Å². The van der Waals surface area contributed by atoms with E-state index < -0.39 is 12.1 Å². The van der Waals surface area contributed by atoms with Gasteiger partial charge in [-0.15, -0.1) is 0 Å². The van der Waals surface area contributed by atoms with E-state index in [-0.39, 0.29) is 18.5 Å². The third-order valence-corrected chi connectivity index (χ3v) is 18.2. The molecular formula is C79H151NO5. The fourth-order valence-electron chi connectivity index (χ4n) is 12.3. The van der Waals surface area contributed by atoms with Crippen molar-refractivity contribution in [2.45, 2.75) is 443 Å². The number of carbonyl (C=O) groups excluding carboxylic acids is 2. The lowest BCUT2D eigenvalue weighted by Crippen LogP contribution is -2.45. The van der Waals surface area contributed by atoms with Crippen LogP contribution < -0.4 is 5.32 Å². The molecule has 0 saturated carbocycles. The zero-order valence-corrected chi connectivity index (χ0v) is 57.6. The van der Waals surface area contributed by atoms with Crippen molar-refractivity contribution in [3.8, 4) is 0 Å². The molecule has 0 aromatic heterocycles. The van der Waals surface area contributed by atoms with Gasteiger partial charge in [-0.3, -0.25) is 9.59 Å². The van der Waals surface area contributed by atoms with Crippen LogP contribution >= 0.6 is 0 Å². The predicted octanol–water partition coefficient (Wildman–Crippen LogP) is 25.4. The monoisotopic (exact) mass is 1190 g/mol. The molecule has 0 aliphatic rings. The highest BCUT2D eigenvalue weighted by Gasteiger charge is 2.20. The Morgan fingerprint density at radius 3 is 0.906 bits per heavy atom. The van der Waals surface area contributed by atoms with Crippen molar-refractivity contribution >= 4 is 11.9 Å². The zero-order valence-electron chi connectivity index (χ0n) is 57.6. The summed E-state index contributed by atoms with van der Waals surface area (Å²) < 4.78 is 5.49. The molecule has 0 rings (SSSR count). The van der Waals surface area contributed by atoms with Crippen LogP contribution in [0.1, 0.15) is 431 Å². The number of unbranched alkanes of at least 4 members (excludes halogenated alkanes) is 56. The zero-order chi connectivity index (χ0) is 61.3. The third kappa shape index (κ3) is 71.0. The standard InChI is InChI=1S/C79H151NO5/c1-3-5-7-9-11-13-15-17-19-21-22-34-37-40-43-47-51-55-59-63-67-71-77(82)76(75-81)80-78(83)72-68-64-60-56-52-48-44-41-38-35-32-30-28-26-24-23-25-27-29-31-33-36-39-42-46-50-54-58-62-66-70-74-85-79(84)73-69-65-61-57-53-49-45-20-18-16-14-12-10-8-6-4-2/h20,25,27,31,33,45,76-77,81-82H,3-19,21-24,26,28-30,32,34-44,46-75H2,1-2H3,(H,80,83)/b27-25-,33-31-,45-20-. The highest BCUT2D eigenvalue weighted by Crippen LogP contribution is 2.19. The minimum Gasteiger partial charge on any atom is -0.466 e. The molecule has 0 aromatic rings. The number of allylic oxidation sites excluding steroid dienone is 6. The number of rotatable bonds is 73. The molecule has 0 spiro atoms. The number of hydrogen-bond acceptors (Lipinski definition) is 5. The summed E-state index contributed by atoms with van der Waals surface area (Å²) in [7, 11) is 0. The van der Waals surface area contributed by atoms with E-state index in [4.69, 9.17) is 4.74 Å². The molecule has 3 N–H and O–H groups in total. The summed E-state index contributed by atoms with van der Waals surface area (Å²) in [5.74, 6) is -0.0232. The third-order valence-electron chi connectivity index (χ3n) is 18.2. The number of aliphatic hydroxyl groups is 2. The van der Waals surface area contributed by atoms with Crippen molar-refractivity contribution in [1.82, 2.24) is 5.32 Å². The molecule has 85 heavy (non-hydrogen) atoms. The number of esters is 1. The van der Waals surface area contributed by atoms with Gasteiger partial charge in [0.15, 0.2) is 0 Å². The molecule has 2 atom stereocenters. The second-order valence-electron chi connectivity index (χ2n) is 26.7. The largest absolute Gasteiger partial charge is 0.466 e. The first-order valence-corrected chi connectivity index (χ1v) is 38.7. The molecule has 0 saturated heterocycles. The van der Waals surface area contributed by atoms with Gasteiger partial charge in [-0.2, -0.15) is 0 Å². The van der Waals surface area contributed by atoms with Gasteiger partial charge in [0.2, 0.25) is 5.91 Å². The number of ether oxygens (including phenoxy) is 1. The van der Waals surface area contributed by atoms with E-state index in [1.54, 1.807) is 0 Å². The van der Waals surface area contributed by atoms with Gasteiger partial charge in [0.05, 0.1) is 25.4 Å². The van der Waals surface area contributed by atoms with E-state index in [0.717, 1.165) is 51.4 Å². The van der Waals surface area contributed by atoms with Crippen molar-refractivity contribution < 1.29 is 24.5 Å². The summed E-state index contributed by atoms with van der Waals surface area (Å²) in [5, 5.41) is 23.4. The quantitative estimate of drug-likeness (QED) is 0.0320. The average Bonchev–Trinajstić information content (AvgIpc) is 3.51. The molecule has 0 aliphatic heterocycles. The van der Waals surface area contributed by atoms with E-state index in [0.29, 0.717) is 25.9 Å². The van der Waals surface area contributed by atoms with Crippen LogP contribution in [0.15, 0.2) is 36.5 Å². The number of carbonyl (C=O) groups is 2. The highest BCUT2D eigenvalue weighted by molar-refractivity contribution is 5.76. The highest BCUT2D eigenvalue weighted by atomic mass is 16.5. The van der Waals surface area contributed by atoms with Crippen LogP contribution in [0.2, 0.25) is 0 Å². The minimum absolute atomic E-state index is 0.00653. The van der Waals surface area contributed by atoms with Gasteiger partial charge in [0, 0.05) is 12.8 Å². The van der Waals surface area contributed by atoms with Crippen LogP contribution in [0.5, 0.6) is 0 Å². The molecule has 0 bridgehead atoms. The first-order valence-electron chi connectivity index (χ1n) is 38.7. The first-order chi connectivity index (χ1) is 42.0. The Kier molecular flexibility index (Phi) is 72.9. The normalized spacial score (nSPS) is 12.7. The Balaban J connectivity index is 3.39. The second kappa shape index (κ2) is 74.5. The first kappa shape index (κ1) is 83.1. The fourth-order valence-corrected chi connectivity index (χ4v) is 12.3. The van der Waals surface area contributed by atoms with Gasteiger partial charge in [0.25, 0.3) is 0 Å². The number of hydrogen-bond donors (Lipinski definition) is 3. The van der Waals surface area contributed by atoms with Crippen LogP contribution in [0.3, 0.4) is 0 Å². The Morgan fingerprint density at radius 2 is 0.588 bits per heavy atom. The molecule has 6 heteroatoms. The van der Waals surface area contributed by atoms with E-state index in [1.807, 2.05) is 0 Å². The SMILES string of the molecule is CCCCCCCCC/C=C\CCCCCCCC(=O)OCCCCCCCCCCC/C=C\C/C=C\CCCCCCCCCCCCCCCCCC(=O)NC(CO)C(O)CCCCCCCCCCCCCCCCCCCCCCC. The second-order valence-corrected chi connectivity index (χ2v) is 26.7.